The van der Waals surface area contributed by atoms with Gasteiger partial charge in [-0.05, 0) is 42.0 Å². The topological polar surface area (TPSA) is 55.4 Å². The smallest absolute Gasteiger partial charge is 0.307 e. The van der Waals surface area contributed by atoms with Crippen LogP contribution in [0.4, 0.5) is 4.39 Å². The molecule has 0 aliphatic rings. The van der Waals surface area contributed by atoms with E-state index in [-0.39, 0.29) is 24.8 Å². The van der Waals surface area contributed by atoms with E-state index < -0.39 is 5.97 Å². The zero-order valence-electron chi connectivity index (χ0n) is 13.3. The molecule has 0 fully saturated rings. The average Bonchev–Trinajstić information content (AvgIpc) is 2.60. The first-order chi connectivity index (χ1) is 12.0. The van der Waals surface area contributed by atoms with Gasteiger partial charge in [-0.2, -0.15) is 0 Å². The Bertz CT molecular complexity index is 725. The molecule has 0 aliphatic carbocycles. The number of esters is 1. The van der Waals surface area contributed by atoms with Crippen molar-refractivity contribution in [1.82, 2.24) is 5.32 Å². The van der Waals surface area contributed by atoms with Gasteiger partial charge in [-0.1, -0.05) is 23.7 Å². The lowest BCUT2D eigenvalue weighted by Gasteiger charge is -2.07. The van der Waals surface area contributed by atoms with Crippen LogP contribution in [0, 0.1) is 5.82 Å². The molecule has 0 bridgehead atoms. The number of halogens is 2. The minimum atomic E-state index is -0.451. The molecule has 0 heterocycles. The third-order valence-electron chi connectivity index (χ3n) is 3.13. The van der Waals surface area contributed by atoms with Crippen LogP contribution in [-0.4, -0.2) is 24.2 Å². The molecule has 132 valence electrons. The van der Waals surface area contributed by atoms with Crippen LogP contribution in [-0.2, 0) is 20.9 Å². The van der Waals surface area contributed by atoms with Crippen molar-refractivity contribution in [3.8, 4) is 0 Å². The van der Waals surface area contributed by atoms with E-state index in [1.807, 2.05) is 6.07 Å². The maximum absolute atomic E-state index is 12.8. The third kappa shape index (κ3) is 7.58. The van der Waals surface area contributed by atoms with Crippen molar-refractivity contribution in [3.05, 3.63) is 64.9 Å². The number of carbonyl (C=O) groups excluding carboxylic acids is 2. The van der Waals surface area contributed by atoms with Crippen LogP contribution in [0.25, 0.3) is 0 Å². The van der Waals surface area contributed by atoms with E-state index >= 15 is 0 Å². The molecule has 0 aliphatic heterocycles. The van der Waals surface area contributed by atoms with Crippen LogP contribution >= 0.6 is 23.4 Å². The van der Waals surface area contributed by atoms with Crippen LogP contribution in [0.5, 0.6) is 0 Å². The summed E-state index contributed by atoms with van der Waals surface area (Å²) < 4.78 is 17.7. The first-order valence-electron chi connectivity index (χ1n) is 7.58. The second kappa shape index (κ2) is 10.1. The van der Waals surface area contributed by atoms with Gasteiger partial charge in [-0.15, -0.1) is 11.8 Å². The molecule has 2 aromatic rings. The van der Waals surface area contributed by atoms with E-state index in [2.05, 4.69) is 5.32 Å². The maximum Gasteiger partial charge on any atom is 0.307 e. The number of thioether (sulfide) groups is 1. The van der Waals surface area contributed by atoms with E-state index in [1.165, 1.54) is 23.9 Å². The molecule has 1 N–H and O–H groups in total. The summed E-state index contributed by atoms with van der Waals surface area (Å²) in [6, 6.07) is 13.2. The summed E-state index contributed by atoms with van der Waals surface area (Å²) in [6.45, 7) is -0.00201. The lowest BCUT2D eigenvalue weighted by molar-refractivity contribution is -0.148. The van der Waals surface area contributed by atoms with Gasteiger partial charge < -0.3 is 10.1 Å². The predicted molar refractivity (Wildman–Crippen MR) is 96.0 cm³/mol. The number of amides is 1. The molecule has 0 saturated heterocycles. The Balaban J connectivity index is 1.60. The van der Waals surface area contributed by atoms with Gasteiger partial charge >= 0.3 is 5.97 Å². The monoisotopic (exact) mass is 381 g/mol. The van der Waals surface area contributed by atoms with Gasteiger partial charge in [0.25, 0.3) is 5.91 Å². The summed E-state index contributed by atoms with van der Waals surface area (Å²) in [6.07, 6.45) is 0.170. The van der Waals surface area contributed by atoms with E-state index in [1.54, 1.807) is 30.3 Å². The zero-order valence-corrected chi connectivity index (χ0v) is 14.9. The van der Waals surface area contributed by atoms with Crippen molar-refractivity contribution in [1.29, 1.82) is 0 Å². The van der Waals surface area contributed by atoms with Crippen molar-refractivity contribution >= 4 is 35.2 Å². The van der Waals surface area contributed by atoms with Crippen molar-refractivity contribution < 1.29 is 18.7 Å². The maximum atomic E-state index is 12.8. The molecule has 2 rings (SSSR count). The lowest BCUT2D eigenvalue weighted by Crippen LogP contribution is -2.28. The Hall–Kier alpha value is -2.05. The van der Waals surface area contributed by atoms with E-state index in [9.17, 15) is 14.0 Å². The fraction of sp³-hybridized carbons (Fsp3) is 0.222. The third-order valence-corrected chi connectivity index (χ3v) is 4.38. The van der Waals surface area contributed by atoms with Crippen molar-refractivity contribution in [2.75, 3.05) is 12.4 Å². The summed E-state index contributed by atoms with van der Waals surface area (Å²) in [4.78, 5) is 24.2. The molecule has 7 heteroatoms. The van der Waals surface area contributed by atoms with E-state index in [0.29, 0.717) is 17.3 Å². The molecule has 1 amide bonds. The molecular weight excluding hydrogens is 365 g/mol. The molecule has 0 unspecified atom stereocenters. The minimum absolute atomic E-state index is 0.170. The van der Waals surface area contributed by atoms with Crippen LogP contribution in [0.2, 0.25) is 5.02 Å². The Kier molecular flexibility index (Phi) is 7.76. The highest BCUT2D eigenvalue weighted by Gasteiger charge is 2.08. The van der Waals surface area contributed by atoms with Crippen LogP contribution in [0.3, 0.4) is 0 Å². The van der Waals surface area contributed by atoms with Crippen LogP contribution in [0.15, 0.2) is 53.4 Å². The van der Waals surface area contributed by atoms with E-state index in [4.69, 9.17) is 16.3 Å². The molecule has 2 aromatic carbocycles. The van der Waals surface area contributed by atoms with Crippen molar-refractivity contribution in [3.63, 3.8) is 0 Å². The average molecular weight is 382 g/mol. The lowest BCUT2D eigenvalue weighted by atomic mass is 10.2. The van der Waals surface area contributed by atoms with Gasteiger partial charge in [-0.3, -0.25) is 9.59 Å². The molecule has 0 atom stereocenters. The fourth-order valence-electron chi connectivity index (χ4n) is 1.90. The van der Waals surface area contributed by atoms with Gasteiger partial charge in [0, 0.05) is 22.2 Å². The Morgan fingerprint density at radius 3 is 2.64 bits per heavy atom. The summed E-state index contributed by atoms with van der Waals surface area (Å²) >= 11 is 7.28. The highest BCUT2D eigenvalue weighted by Crippen LogP contribution is 2.18. The summed E-state index contributed by atoms with van der Waals surface area (Å²) in [5.41, 5.74) is 0.864. The normalized spacial score (nSPS) is 10.3. The number of nitrogens with one attached hydrogen (secondary N) is 1. The second-order valence-electron chi connectivity index (χ2n) is 5.12. The van der Waals surface area contributed by atoms with Crippen LogP contribution < -0.4 is 5.32 Å². The number of ether oxygens (including phenoxy) is 1. The summed E-state index contributed by atoms with van der Waals surface area (Å²) in [7, 11) is 0. The van der Waals surface area contributed by atoms with E-state index in [0.717, 1.165) is 10.5 Å². The Labute approximate surface area is 154 Å². The first-order valence-corrected chi connectivity index (χ1v) is 8.94. The Morgan fingerprint density at radius 2 is 1.92 bits per heavy atom. The standard InChI is InChI=1S/C18H17ClFNO3S/c19-14-3-1-2-13(10-14)11-21-17(22)12-24-18(23)8-9-25-16-6-4-15(20)5-7-16/h1-7,10H,8-9,11-12H2,(H,21,22). The van der Waals surface area contributed by atoms with Crippen LogP contribution in [0.1, 0.15) is 12.0 Å². The van der Waals surface area contributed by atoms with Crippen molar-refractivity contribution in [2.45, 2.75) is 17.9 Å². The first kappa shape index (κ1) is 19.3. The number of hydrogen-bond acceptors (Lipinski definition) is 4. The predicted octanol–water partition coefficient (Wildman–Crippen LogP) is 3.82. The summed E-state index contributed by atoms with van der Waals surface area (Å²) in [5, 5.41) is 3.25. The molecule has 4 nitrogen and oxygen atoms in total. The van der Waals surface area contributed by atoms with Crippen molar-refractivity contribution in [2.24, 2.45) is 0 Å². The second-order valence-corrected chi connectivity index (χ2v) is 6.72. The number of hydrogen-bond donors (Lipinski definition) is 1. The summed E-state index contributed by atoms with van der Waals surface area (Å²) in [5.74, 6) is -0.631. The minimum Gasteiger partial charge on any atom is -0.456 e. The molecule has 0 aromatic heterocycles. The fourth-order valence-corrected chi connectivity index (χ4v) is 2.95. The molecule has 0 spiro atoms. The van der Waals surface area contributed by atoms with Gasteiger partial charge in [-0.25, -0.2) is 4.39 Å². The highest BCUT2D eigenvalue weighted by atomic mass is 35.5. The van der Waals surface area contributed by atoms with Gasteiger partial charge in [0.2, 0.25) is 0 Å². The molecule has 25 heavy (non-hydrogen) atoms. The number of carbonyl (C=O) groups is 2. The molecular formula is C18H17ClFNO3S. The zero-order chi connectivity index (χ0) is 18.1. The largest absolute Gasteiger partial charge is 0.456 e. The Morgan fingerprint density at radius 1 is 1.16 bits per heavy atom. The number of rotatable bonds is 8. The molecule has 0 saturated carbocycles. The van der Waals surface area contributed by atoms with Gasteiger partial charge in [0.15, 0.2) is 6.61 Å². The van der Waals surface area contributed by atoms with Gasteiger partial charge in [0.05, 0.1) is 6.42 Å². The highest BCUT2D eigenvalue weighted by molar-refractivity contribution is 7.99. The quantitative estimate of drug-likeness (QED) is 0.558. The van der Waals surface area contributed by atoms with Gasteiger partial charge in [0.1, 0.15) is 5.82 Å². The number of benzene rings is 2. The SMILES string of the molecule is O=C(COC(=O)CCSc1ccc(F)cc1)NCc1cccc(Cl)c1. The molecule has 0 radical (unpaired) electrons.